The van der Waals surface area contributed by atoms with E-state index in [-0.39, 0.29) is 17.2 Å². The topological polar surface area (TPSA) is 51.8 Å². The standard InChI is InChI=1S/C11H6F5N3/c12-7-3-5(1-2-6(7)11(14,15)16)9-8(13)4-18-10(17)19-9/h1-4H,(H2,17,18,19). The second-order valence-electron chi connectivity index (χ2n) is 3.62. The lowest BCUT2D eigenvalue weighted by Gasteiger charge is -2.09. The van der Waals surface area contributed by atoms with Gasteiger partial charge >= 0.3 is 6.18 Å². The Bertz CT molecular complexity index is 624. The summed E-state index contributed by atoms with van der Waals surface area (Å²) in [5.41, 5.74) is 3.29. The summed E-state index contributed by atoms with van der Waals surface area (Å²) in [6, 6.07) is 1.98. The van der Waals surface area contributed by atoms with Gasteiger partial charge in [0.05, 0.1) is 11.8 Å². The average Bonchev–Trinajstić information content (AvgIpc) is 2.30. The van der Waals surface area contributed by atoms with Crippen LogP contribution in [0.1, 0.15) is 5.56 Å². The summed E-state index contributed by atoms with van der Waals surface area (Å²) in [5.74, 6) is -2.69. The van der Waals surface area contributed by atoms with E-state index in [1.165, 1.54) is 0 Å². The van der Waals surface area contributed by atoms with Gasteiger partial charge in [0.1, 0.15) is 11.5 Å². The minimum absolute atomic E-state index is 0.155. The molecule has 0 radical (unpaired) electrons. The van der Waals surface area contributed by atoms with E-state index < -0.39 is 23.4 Å². The van der Waals surface area contributed by atoms with Crippen LogP contribution in [0.25, 0.3) is 11.3 Å². The third-order valence-corrected chi connectivity index (χ3v) is 2.31. The number of nitrogen functional groups attached to an aromatic ring is 1. The fourth-order valence-electron chi connectivity index (χ4n) is 1.48. The Morgan fingerprint density at radius 1 is 1.05 bits per heavy atom. The highest BCUT2D eigenvalue weighted by atomic mass is 19.4. The van der Waals surface area contributed by atoms with Crippen LogP contribution in [-0.4, -0.2) is 9.97 Å². The Labute approximate surface area is 103 Å². The Balaban J connectivity index is 2.54. The van der Waals surface area contributed by atoms with Crippen LogP contribution in [0.4, 0.5) is 27.9 Å². The summed E-state index contributed by atoms with van der Waals surface area (Å²) in [4.78, 5) is 6.88. The maximum Gasteiger partial charge on any atom is 0.419 e. The summed E-state index contributed by atoms with van der Waals surface area (Å²) in [5, 5.41) is 0. The fourth-order valence-corrected chi connectivity index (χ4v) is 1.48. The first-order chi connectivity index (χ1) is 8.79. The third-order valence-electron chi connectivity index (χ3n) is 2.31. The van der Waals surface area contributed by atoms with Gasteiger partial charge in [0.2, 0.25) is 5.95 Å². The van der Waals surface area contributed by atoms with Crippen molar-refractivity contribution in [2.75, 3.05) is 5.73 Å². The summed E-state index contributed by atoms with van der Waals surface area (Å²) >= 11 is 0. The van der Waals surface area contributed by atoms with Crippen molar-refractivity contribution in [2.24, 2.45) is 0 Å². The second-order valence-corrected chi connectivity index (χ2v) is 3.62. The van der Waals surface area contributed by atoms with E-state index in [1.54, 1.807) is 0 Å². The highest BCUT2D eigenvalue weighted by Gasteiger charge is 2.34. The van der Waals surface area contributed by atoms with E-state index >= 15 is 0 Å². The number of benzene rings is 1. The molecule has 1 aromatic heterocycles. The Kier molecular flexibility index (Phi) is 3.09. The van der Waals surface area contributed by atoms with Gasteiger partial charge in [-0.1, -0.05) is 6.07 Å². The van der Waals surface area contributed by atoms with Gasteiger partial charge < -0.3 is 5.73 Å². The molecule has 0 unspecified atom stereocenters. The molecule has 0 aliphatic heterocycles. The first kappa shape index (κ1) is 13.2. The summed E-state index contributed by atoms with van der Waals surface area (Å²) in [6.07, 6.45) is -4.06. The van der Waals surface area contributed by atoms with Crippen LogP contribution in [-0.2, 0) is 6.18 Å². The number of alkyl halides is 3. The zero-order valence-corrected chi connectivity index (χ0v) is 9.17. The number of nitrogens with zero attached hydrogens (tertiary/aromatic N) is 2. The normalized spacial score (nSPS) is 11.6. The molecule has 19 heavy (non-hydrogen) atoms. The second kappa shape index (κ2) is 4.45. The Morgan fingerprint density at radius 3 is 2.32 bits per heavy atom. The Morgan fingerprint density at radius 2 is 1.74 bits per heavy atom. The van der Waals surface area contributed by atoms with Crippen LogP contribution in [0.15, 0.2) is 24.4 Å². The van der Waals surface area contributed by atoms with Crippen molar-refractivity contribution in [1.82, 2.24) is 9.97 Å². The van der Waals surface area contributed by atoms with Gasteiger partial charge in [-0.15, -0.1) is 0 Å². The number of anilines is 1. The van der Waals surface area contributed by atoms with Crippen molar-refractivity contribution in [1.29, 1.82) is 0 Å². The zero-order chi connectivity index (χ0) is 14.2. The first-order valence-electron chi connectivity index (χ1n) is 4.94. The molecular weight excluding hydrogens is 269 g/mol. The van der Waals surface area contributed by atoms with Gasteiger partial charge in [0.15, 0.2) is 5.82 Å². The number of nitrogens with two attached hydrogens (primary N) is 1. The predicted octanol–water partition coefficient (Wildman–Crippen LogP) is 3.02. The molecule has 2 N–H and O–H groups in total. The van der Waals surface area contributed by atoms with Gasteiger partial charge in [-0.2, -0.15) is 13.2 Å². The third kappa shape index (κ3) is 2.61. The fraction of sp³-hybridized carbons (Fsp3) is 0.0909. The van der Waals surface area contributed by atoms with Gasteiger partial charge in [-0.3, -0.25) is 0 Å². The summed E-state index contributed by atoms with van der Waals surface area (Å²) in [6.45, 7) is 0. The minimum Gasteiger partial charge on any atom is -0.368 e. The minimum atomic E-state index is -4.81. The monoisotopic (exact) mass is 275 g/mol. The molecule has 0 saturated carbocycles. The maximum absolute atomic E-state index is 13.4. The molecule has 1 heterocycles. The van der Waals surface area contributed by atoms with Crippen LogP contribution in [0.5, 0.6) is 0 Å². The summed E-state index contributed by atoms with van der Waals surface area (Å²) < 4.78 is 63.8. The molecule has 2 aromatic rings. The SMILES string of the molecule is Nc1ncc(F)c(-c2ccc(C(F)(F)F)c(F)c2)n1. The van der Waals surface area contributed by atoms with Gasteiger partial charge in [0.25, 0.3) is 0 Å². The molecule has 0 amide bonds. The van der Waals surface area contributed by atoms with Crippen LogP contribution in [0.2, 0.25) is 0 Å². The molecule has 0 saturated heterocycles. The molecule has 0 aliphatic carbocycles. The molecule has 0 atom stereocenters. The molecule has 0 spiro atoms. The highest BCUT2D eigenvalue weighted by molar-refractivity contribution is 5.61. The molecule has 2 rings (SSSR count). The van der Waals surface area contributed by atoms with E-state index in [1.807, 2.05) is 0 Å². The molecule has 3 nitrogen and oxygen atoms in total. The van der Waals surface area contributed by atoms with E-state index in [2.05, 4.69) is 9.97 Å². The molecule has 0 aliphatic rings. The smallest absolute Gasteiger partial charge is 0.368 e. The van der Waals surface area contributed by atoms with Crippen molar-refractivity contribution in [3.63, 3.8) is 0 Å². The van der Waals surface area contributed by atoms with Gasteiger partial charge in [-0.25, -0.2) is 18.7 Å². The lowest BCUT2D eigenvalue weighted by Crippen LogP contribution is -2.08. The van der Waals surface area contributed by atoms with Crippen LogP contribution >= 0.6 is 0 Å². The lowest BCUT2D eigenvalue weighted by atomic mass is 10.1. The number of halogens is 5. The number of hydrogen-bond donors (Lipinski definition) is 1. The van der Waals surface area contributed by atoms with Crippen molar-refractivity contribution in [3.8, 4) is 11.3 Å². The number of hydrogen-bond acceptors (Lipinski definition) is 3. The van der Waals surface area contributed by atoms with E-state index in [0.717, 1.165) is 12.3 Å². The van der Waals surface area contributed by atoms with Crippen molar-refractivity contribution < 1.29 is 22.0 Å². The molecule has 1 aromatic carbocycles. The van der Waals surface area contributed by atoms with Crippen molar-refractivity contribution in [3.05, 3.63) is 41.6 Å². The van der Waals surface area contributed by atoms with Crippen LogP contribution in [0.3, 0.4) is 0 Å². The maximum atomic E-state index is 13.4. The molecule has 0 bridgehead atoms. The lowest BCUT2D eigenvalue weighted by molar-refractivity contribution is -0.139. The molecule has 8 heteroatoms. The van der Waals surface area contributed by atoms with E-state index in [0.29, 0.717) is 12.1 Å². The highest BCUT2D eigenvalue weighted by Crippen LogP contribution is 2.33. The average molecular weight is 275 g/mol. The Hall–Kier alpha value is -2.25. The molecular formula is C11H6F5N3. The van der Waals surface area contributed by atoms with Crippen molar-refractivity contribution in [2.45, 2.75) is 6.18 Å². The largest absolute Gasteiger partial charge is 0.419 e. The molecule has 100 valence electrons. The summed E-state index contributed by atoms with van der Waals surface area (Å²) in [7, 11) is 0. The van der Waals surface area contributed by atoms with E-state index in [9.17, 15) is 22.0 Å². The first-order valence-corrected chi connectivity index (χ1v) is 4.94. The van der Waals surface area contributed by atoms with E-state index in [4.69, 9.17) is 5.73 Å². The van der Waals surface area contributed by atoms with Gasteiger partial charge in [0, 0.05) is 5.56 Å². The number of rotatable bonds is 1. The quantitative estimate of drug-likeness (QED) is 0.814. The predicted molar refractivity (Wildman–Crippen MR) is 56.8 cm³/mol. The van der Waals surface area contributed by atoms with Gasteiger partial charge in [-0.05, 0) is 12.1 Å². The van der Waals surface area contributed by atoms with Crippen molar-refractivity contribution >= 4 is 5.95 Å². The number of aromatic nitrogens is 2. The molecule has 0 fully saturated rings. The zero-order valence-electron chi connectivity index (χ0n) is 9.17. The van der Waals surface area contributed by atoms with Crippen LogP contribution < -0.4 is 5.73 Å². The van der Waals surface area contributed by atoms with Crippen LogP contribution in [0, 0.1) is 11.6 Å².